The van der Waals surface area contributed by atoms with Crippen molar-refractivity contribution in [3.63, 3.8) is 0 Å². The van der Waals surface area contributed by atoms with Crippen molar-refractivity contribution in [1.82, 2.24) is 0 Å². The topological polar surface area (TPSA) is 38.7 Å². The Bertz CT molecular complexity index is 737. The maximum absolute atomic E-state index is 10.3. The molecule has 0 spiro atoms. The Morgan fingerprint density at radius 1 is 1.00 bits per heavy atom. The van der Waals surface area contributed by atoms with Crippen LogP contribution in [0.2, 0.25) is 0 Å². The van der Waals surface area contributed by atoms with E-state index in [1.54, 1.807) is 5.57 Å². The second-order valence-corrected chi connectivity index (χ2v) is 13.5. The molecule has 5 aliphatic rings. The summed E-state index contributed by atoms with van der Waals surface area (Å²) in [6, 6.07) is 0. The quantitative estimate of drug-likeness (QED) is 0.461. The number of rotatable bonds is 5. The minimum atomic E-state index is -0.101. The van der Waals surface area contributed by atoms with Gasteiger partial charge in [0.1, 0.15) is 0 Å². The van der Waals surface area contributed by atoms with Crippen molar-refractivity contribution in [3.8, 4) is 0 Å². The molecule has 0 radical (unpaired) electrons. The monoisotopic (exact) mass is 458 g/mol. The molecule has 4 fully saturated rings. The Hall–Kier alpha value is -0.380. The molecule has 1 saturated heterocycles. The number of ether oxygens (including phenoxy) is 2. The van der Waals surface area contributed by atoms with E-state index < -0.39 is 0 Å². The summed E-state index contributed by atoms with van der Waals surface area (Å²) in [4.78, 5) is 0. The third kappa shape index (κ3) is 3.97. The van der Waals surface area contributed by atoms with E-state index in [2.05, 4.69) is 40.7 Å². The third-order valence-electron chi connectivity index (χ3n) is 11.9. The molecular formula is C30H50O3. The number of allylic oxidation sites excluding steroid dienone is 1. The molecule has 3 heteroatoms. The molecule has 0 aromatic rings. The van der Waals surface area contributed by atoms with Gasteiger partial charge in [0.15, 0.2) is 0 Å². The van der Waals surface area contributed by atoms with Crippen molar-refractivity contribution in [1.29, 1.82) is 0 Å². The Labute approximate surface area is 203 Å². The first-order chi connectivity index (χ1) is 15.7. The van der Waals surface area contributed by atoms with Crippen LogP contribution < -0.4 is 0 Å². The lowest BCUT2D eigenvalue weighted by molar-refractivity contribution is -0.151. The predicted octanol–water partition coefficient (Wildman–Crippen LogP) is 6.78. The highest BCUT2D eigenvalue weighted by Gasteiger charge is 2.59. The molecule has 4 aliphatic carbocycles. The van der Waals surface area contributed by atoms with E-state index in [1.807, 2.05) is 0 Å². The molecule has 1 aliphatic heterocycles. The van der Waals surface area contributed by atoms with E-state index in [-0.39, 0.29) is 11.7 Å². The van der Waals surface area contributed by atoms with Crippen LogP contribution in [-0.4, -0.2) is 36.6 Å². The van der Waals surface area contributed by atoms with Crippen LogP contribution in [0.1, 0.15) is 98.8 Å². The maximum Gasteiger partial charge on any atom is 0.0749 e. The maximum atomic E-state index is 10.3. The highest BCUT2D eigenvalue weighted by atomic mass is 16.5. The van der Waals surface area contributed by atoms with Gasteiger partial charge < -0.3 is 14.6 Å². The Balaban J connectivity index is 1.29. The summed E-state index contributed by atoms with van der Waals surface area (Å²) in [5.74, 6) is 4.52. The van der Waals surface area contributed by atoms with Crippen molar-refractivity contribution in [2.75, 3.05) is 19.8 Å². The molecule has 1 N–H and O–H groups in total. The van der Waals surface area contributed by atoms with E-state index in [9.17, 15) is 5.11 Å². The van der Waals surface area contributed by atoms with Gasteiger partial charge in [-0.3, -0.25) is 0 Å². The average molecular weight is 459 g/mol. The summed E-state index contributed by atoms with van der Waals surface area (Å²) in [6.45, 7) is 15.0. The summed E-state index contributed by atoms with van der Waals surface area (Å²) >= 11 is 0. The van der Waals surface area contributed by atoms with Gasteiger partial charge in [-0.1, -0.05) is 46.3 Å². The second kappa shape index (κ2) is 8.93. The summed E-state index contributed by atoms with van der Waals surface area (Å²) < 4.78 is 12.5. The minimum absolute atomic E-state index is 0.0216. The van der Waals surface area contributed by atoms with Crippen LogP contribution in [0.15, 0.2) is 11.6 Å². The first-order valence-corrected chi connectivity index (χ1v) is 14.3. The molecule has 0 aromatic carbocycles. The predicted molar refractivity (Wildman–Crippen MR) is 134 cm³/mol. The molecule has 0 bridgehead atoms. The van der Waals surface area contributed by atoms with Gasteiger partial charge in [-0.15, -0.1) is 0 Å². The van der Waals surface area contributed by atoms with Crippen LogP contribution in [0.4, 0.5) is 0 Å². The highest BCUT2D eigenvalue weighted by molar-refractivity contribution is 5.25. The zero-order valence-corrected chi connectivity index (χ0v) is 22.1. The van der Waals surface area contributed by atoms with E-state index in [1.165, 1.54) is 38.5 Å². The van der Waals surface area contributed by atoms with Gasteiger partial charge in [-0.05, 0) is 97.7 Å². The fourth-order valence-corrected chi connectivity index (χ4v) is 9.64. The molecule has 188 valence electrons. The zero-order chi connectivity index (χ0) is 23.4. The molecule has 3 nitrogen and oxygen atoms in total. The van der Waals surface area contributed by atoms with Crippen LogP contribution in [0, 0.1) is 46.3 Å². The molecule has 0 unspecified atom stereocenters. The zero-order valence-electron chi connectivity index (χ0n) is 22.1. The Morgan fingerprint density at radius 3 is 2.48 bits per heavy atom. The molecule has 8 atom stereocenters. The third-order valence-corrected chi connectivity index (χ3v) is 11.9. The lowest BCUT2D eigenvalue weighted by Crippen LogP contribution is -2.51. The number of aliphatic hydroxyl groups is 1. The van der Waals surface area contributed by atoms with Gasteiger partial charge in [0.25, 0.3) is 0 Å². The number of hydrogen-bond donors (Lipinski definition) is 1. The fraction of sp³-hybridized carbons (Fsp3) is 0.933. The molecule has 3 saturated carbocycles. The van der Waals surface area contributed by atoms with E-state index in [4.69, 9.17) is 9.47 Å². The highest BCUT2D eigenvalue weighted by Crippen LogP contribution is 2.67. The first-order valence-electron chi connectivity index (χ1n) is 14.3. The fourth-order valence-electron chi connectivity index (χ4n) is 9.64. The Morgan fingerprint density at radius 2 is 1.76 bits per heavy atom. The van der Waals surface area contributed by atoms with Gasteiger partial charge in [-0.25, -0.2) is 0 Å². The van der Waals surface area contributed by atoms with Crippen molar-refractivity contribution >= 4 is 0 Å². The normalized spacial score (nSPS) is 45.7. The van der Waals surface area contributed by atoms with Crippen LogP contribution in [0.3, 0.4) is 0 Å². The molecule has 0 amide bonds. The molecule has 1 heterocycles. The summed E-state index contributed by atoms with van der Waals surface area (Å²) in [5.41, 5.74) is 2.44. The summed E-state index contributed by atoms with van der Waals surface area (Å²) in [5, 5.41) is 10.3. The number of aliphatic hydroxyl groups excluding tert-OH is 1. The van der Waals surface area contributed by atoms with Gasteiger partial charge in [0.05, 0.1) is 18.3 Å². The molecule has 0 aromatic heterocycles. The lowest BCUT2D eigenvalue weighted by atomic mass is 9.47. The molecule has 5 rings (SSSR count). The summed E-state index contributed by atoms with van der Waals surface area (Å²) in [7, 11) is 0. The Kier molecular flexibility index (Phi) is 6.58. The molecule has 33 heavy (non-hydrogen) atoms. The van der Waals surface area contributed by atoms with Gasteiger partial charge >= 0.3 is 0 Å². The van der Waals surface area contributed by atoms with Crippen molar-refractivity contribution in [3.05, 3.63) is 11.6 Å². The van der Waals surface area contributed by atoms with E-state index >= 15 is 0 Å². The number of fused-ring (bicyclic) bond motifs is 5. The summed E-state index contributed by atoms with van der Waals surface area (Å²) in [6.07, 6.45) is 14.5. The van der Waals surface area contributed by atoms with Crippen molar-refractivity contribution < 1.29 is 14.6 Å². The average Bonchev–Trinajstić information content (AvgIpc) is 3.16. The van der Waals surface area contributed by atoms with Crippen molar-refractivity contribution in [2.45, 2.75) is 111 Å². The van der Waals surface area contributed by atoms with Gasteiger partial charge in [-0.2, -0.15) is 0 Å². The minimum Gasteiger partial charge on any atom is -0.393 e. The van der Waals surface area contributed by atoms with Crippen molar-refractivity contribution in [2.24, 2.45) is 46.3 Å². The van der Waals surface area contributed by atoms with Gasteiger partial charge in [0.2, 0.25) is 0 Å². The van der Waals surface area contributed by atoms with Crippen LogP contribution in [0.25, 0.3) is 0 Å². The smallest absolute Gasteiger partial charge is 0.0749 e. The van der Waals surface area contributed by atoms with Crippen LogP contribution >= 0.6 is 0 Å². The van der Waals surface area contributed by atoms with E-state index in [0.717, 1.165) is 69.2 Å². The largest absolute Gasteiger partial charge is 0.393 e. The van der Waals surface area contributed by atoms with E-state index in [0.29, 0.717) is 22.7 Å². The molecular weight excluding hydrogens is 408 g/mol. The van der Waals surface area contributed by atoms with Crippen LogP contribution in [-0.2, 0) is 9.47 Å². The SMILES string of the molecule is CC(C)C1(OC[C@@H](C)[C@H]2CC[C@H]3[C@@H]4CC=C5C[C@@H](O)CC[C@]5(C)[C@H]4CC[C@]23C)CCOCC1. The first kappa shape index (κ1) is 24.3. The number of hydrogen-bond acceptors (Lipinski definition) is 3. The van der Waals surface area contributed by atoms with Crippen LogP contribution in [0.5, 0.6) is 0 Å². The van der Waals surface area contributed by atoms with Gasteiger partial charge in [0, 0.05) is 26.1 Å². The second-order valence-electron chi connectivity index (χ2n) is 13.5. The standard InChI is InChI=1S/C30H50O3/c1-20(2)30(14-16-32-17-15-30)33-19-21(3)25-8-9-26-24-7-6-22-18-23(31)10-12-28(22,4)27(24)11-13-29(25,26)5/h6,20-21,23-27,31H,7-19H2,1-5H3/t21-,23+,24+,25-,26+,27+,28+,29-/m1/s1. The lowest BCUT2D eigenvalue weighted by Gasteiger charge is -2.58.